The van der Waals surface area contributed by atoms with Crippen molar-refractivity contribution in [3.05, 3.63) is 42.0 Å². The van der Waals surface area contributed by atoms with Crippen LogP contribution in [0.3, 0.4) is 0 Å². The van der Waals surface area contributed by atoms with Gasteiger partial charge in [-0.1, -0.05) is 12.1 Å². The Morgan fingerprint density at radius 2 is 1.11 bits per heavy atom. The van der Waals surface area contributed by atoms with Gasteiger partial charge < -0.3 is 43.0 Å². The SMILES string of the molecule is NC12CNCCNCC(NCc3ccc(N4C(=O)C=CC4=O)cc3)(CNCCNC1)CNCCNC2. The molecule has 4 aliphatic rings. The van der Waals surface area contributed by atoms with Gasteiger partial charge in [-0.05, 0) is 17.7 Å². The smallest absolute Gasteiger partial charge is 0.258 e. The zero-order valence-corrected chi connectivity index (χ0v) is 21.0. The molecule has 1 aromatic carbocycles. The van der Waals surface area contributed by atoms with Gasteiger partial charge in [-0.15, -0.1) is 0 Å². The molecule has 198 valence electrons. The van der Waals surface area contributed by atoms with Crippen LogP contribution in [0.5, 0.6) is 0 Å². The van der Waals surface area contributed by atoms with E-state index in [0.717, 1.165) is 84.1 Å². The number of nitrogens with zero attached hydrogens (tertiary/aromatic N) is 1. The Morgan fingerprint density at radius 1 is 0.694 bits per heavy atom. The van der Waals surface area contributed by atoms with E-state index >= 15 is 0 Å². The second-order valence-electron chi connectivity index (χ2n) is 10.1. The number of hydrogen-bond acceptors (Lipinski definition) is 10. The highest BCUT2D eigenvalue weighted by molar-refractivity contribution is 6.28. The molecule has 0 aromatic heterocycles. The zero-order valence-electron chi connectivity index (χ0n) is 21.0. The summed E-state index contributed by atoms with van der Waals surface area (Å²) in [4.78, 5) is 25.1. The third kappa shape index (κ3) is 7.40. The molecule has 5 rings (SSSR count). The summed E-state index contributed by atoms with van der Waals surface area (Å²) >= 11 is 0. The van der Waals surface area contributed by atoms with Crippen LogP contribution < -0.4 is 47.9 Å². The number of fused-ring (bicyclic) bond motifs is 15. The summed E-state index contributed by atoms with van der Waals surface area (Å²) < 4.78 is 0. The predicted molar refractivity (Wildman–Crippen MR) is 142 cm³/mol. The minimum Gasteiger partial charge on any atom is -0.322 e. The van der Waals surface area contributed by atoms with Gasteiger partial charge in [0.05, 0.1) is 16.8 Å². The van der Waals surface area contributed by atoms with Crippen LogP contribution in [0, 0.1) is 0 Å². The Hall–Kier alpha value is -2.22. The first kappa shape index (κ1) is 26.8. The number of benzene rings is 1. The van der Waals surface area contributed by atoms with E-state index in [9.17, 15) is 9.59 Å². The third-order valence-electron chi connectivity index (χ3n) is 6.93. The average molecular weight is 500 g/mol. The van der Waals surface area contributed by atoms with E-state index in [0.29, 0.717) is 12.2 Å². The fourth-order valence-electron chi connectivity index (χ4n) is 4.79. The predicted octanol–water partition coefficient (Wildman–Crippen LogP) is -2.79. The Kier molecular flexibility index (Phi) is 9.57. The van der Waals surface area contributed by atoms with Crippen LogP contribution in [0.15, 0.2) is 36.4 Å². The van der Waals surface area contributed by atoms with Gasteiger partial charge in [-0.25, -0.2) is 4.90 Å². The van der Waals surface area contributed by atoms with E-state index in [2.05, 4.69) is 37.2 Å². The highest BCUT2D eigenvalue weighted by Gasteiger charge is 2.30. The number of anilines is 1. The van der Waals surface area contributed by atoms with Gasteiger partial charge in [0, 0.05) is 97.2 Å². The van der Waals surface area contributed by atoms with Gasteiger partial charge in [-0.2, -0.15) is 0 Å². The Labute approximate surface area is 213 Å². The quantitative estimate of drug-likeness (QED) is 0.204. The maximum absolute atomic E-state index is 12.0. The first-order valence-electron chi connectivity index (χ1n) is 12.9. The number of carbonyl (C=O) groups is 2. The van der Waals surface area contributed by atoms with Crippen molar-refractivity contribution in [2.75, 3.05) is 83.4 Å². The number of hydrogen-bond donors (Lipinski definition) is 8. The topological polar surface area (TPSA) is 148 Å². The normalized spacial score (nSPS) is 29.3. The number of imide groups is 1. The second-order valence-corrected chi connectivity index (χ2v) is 10.1. The van der Waals surface area contributed by atoms with Crippen LogP contribution in [-0.2, 0) is 16.1 Å². The lowest BCUT2D eigenvalue weighted by Crippen LogP contribution is -2.66. The number of amides is 2. The molecule has 3 saturated heterocycles. The standard InChI is InChI=1S/C25H41N9O2/c26-24-14-27-7-10-30-17-25(18-31-11-8-28-15-24,19-32-12-9-29-16-24)33-13-20-1-3-21(4-2-20)34-22(35)5-6-23(34)36/h1-6,27-33H,7-19,26H2. The molecule has 2 amide bonds. The Bertz CT molecular complexity index is 844. The first-order valence-corrected chi connectivity index (χ1v) is 12.9. The Balaban J connectivity index is 1.43. The van der Waals surface area contributed by atoms with Gasteiger partial charge in [0.15, 0.2) is 0 Å². The van der Waals surface area contributed by atoms with Crippen LogP contribution in [0.25, 0.3) is 0 Å². The summed E-state index contributed by atoms with van der Waals surface area (Å²) in [5.74, 6) is -0.605. The number of nitrogens with one attached hydrogen (secondary N) is 7. The van der Waals surface area contributed by atoms with Crippen LogP contribution in [-0.4, -0.2) is 101 Å². The molecule has 0 radical (unpaired) electrons. The summed E-state index contributed by atoms with van der Waals surface area (Å²) in [6.45, 7) is 10.4. The number of nitrogens with two attached hydrogens (primary N) is 1. The first-order chi connectivity index (χ1) is 17.5. The van der Waals surface area contributed by atoms with Crippen molar-refractivity contribution in [1.82, 2.24) is 37.2 Å². The third-order valence-corrected chi connectivity index (χ3v) is 6.93. The van der Waals surface area contributed by atoms with Crippen molar-refractivity contribution in [3.63, 3.8) is 0 Å². The molecule has 9 N–H and O–H groups in total. The van der Waals surface area contributed by atoms with Crippen molar-refractivity contribution in [3.8, 4) is 0 Å². The van der Waals surface area contributed by atoms with Crippen LogP contribution in [0.4, 0.5) is 5.69 Å². The molecule has 11 heteroatoms. The van der Waals surface area contributed by atoms with Gasteiger partial charge in [-0.3, -0.25) is 9.59 Å². The molecule has 3 fully saturated rings. The van der Waals surface area contributed by atoms with Gasteiger partial charge >= 0.3 is 0 Å². The van der Waals surface area contributed by atoms with Crippen molar-refractivity contribution in [2.24, 2.45) is 5.73 Å². The lowest BCUT2D eigenvalue weighted by Gasteiger charge is -2.37. The Morgan fingerprint density at radius 3 is 1.56 bits per heavy atom. The molecule has 36 heavy (non-hydrogen) atoms. The highest BCUT2D eigenvalue weighted by atomic mass is 16.2. The van der Waals surface area contributed by atoms with Crippen molar-refractivity contribution in [1.29, 1.82) is 0 Å². The molecule has 0 aliphatic carbocycles. The van der Waals surface area contributed by atoms with Gasteiger partial charge in [0.1, 0.15) is 0 Å². The maximum Gasteiger partial charge on any atom is 0.258 e. The van der Waals surface area contributed by atoms with Gasteiger partial charge in [0.25, 0.3) is 11.8 Å². The molecular weight excluding hydrogens is 458 g/mol. The van der Waals surface area contributed by atoms with Crippen LogP contribution >= 0.6 is 0 Å². The van der Waals surface area contributed by atoms with Crippen LogP contribution in [0.2, 0.25) is 0 Å². The average Bonchev–Trinajstić information content (AvgIpc) is 3.21. The van der Waals surface area contributed by atoms with Gasteiger partial charge in [0.2, 0.25) is 0 Å². The van der Waals surface area contributed by atoms with E-state index in [1.54, 1.807) is 0 Å². The molecule has 2 bridgehead atoms. The van der Waals surface area contributed by atoms with Crippen molar-refractivity contribution < 1.29 is 9.59 Å². The molecular formula is C25H41N9O2. The zero-order chi connectivity index (χ0) is 25.3. The molecule has 0 atom stereocenters. The van der Waals surface area contributed by atoms with E-state index in [1.165, 1.54) is 17.1 Å². The summed E-state index contributed by atoms with van der Waals surface area (Å²) in [6, 6.07) is 7.59. The molecule has 1 aromatic rings. The van der Waals surface area contributed by atoms with Crippen molar-refractivity contribution in [2.45, 2.75) is 17.6 Å². The van der Waals surface area contributed by atoms with E-state index < -0.39 is 0 Å². The monoisotopic (exact) mass is 499 g/mol. The summed E-state index contributed by atoms with van der Waals surface area (Å²) in [7, 11) is 0. The largest absolute Gasteiger partial charge is 0.322 e. The molecule has 4 aliphatic heterocycles. The second kappa shape index (κ2) is 12.8. The van der Waals surface area contributed by atoms with Crippen LogP contribution in [0.1, 0.15) is 5.56 Å². The fraction of sp³-hybridized carbons (Fsp3) is 0.600. The maximum atomic E-state index is 12.0. The van der Waals surface area contributed by atoms with E-state index in [-0.39, 0.29) is 22.9 Å². The summed E-state index contributed by atoms with van der Waals surface area (Å²) in [5, 5.41) is 25.2. The minimum atomic E-state index is -0.332. The molecule has 0 unspecified atom stereocenters. The summed E-state index contributed by atoms with van der Waals surface area (Å²) in [5.41, 5.74) is 7.81. The van der Waals surface area contributed by atoms with E-state index in [4.69, 9.17) is 5.73 Å². The molecule has 4 heterocycles. The van der Waals surface area contributed by atoms with Crippen molar-refractivity contribution >= 4 is 17.5 Å². The fourth-order valence-corrected chi connectivity index (χ4v) is 4.79. The summed E-state index contributed by atoms with van der Waals surface area (Å²) in [6.07, 6.45) is 2.61. The lowest BCUT2D eigenvalue weighted by molar-refractivity contribution is -0.119. The number of rotatable bonds is 4. The minimum absolute atomic E-state index is 0.213. The number of carbonyl (C=O) groups excluding carboxylic acids is 2. The molecule has 11 nitrogen and oxygen atoms in total. The van der Waals surface area contributed by atoms with E-state index in [1.807, 2.05) is 24.3 Å². The lowest BCUT2D eigenvalue weighted by atomic mass is 9.97. The molecule has 0 saturated carbocycles. The highest BCUT2D eigenvalue weighted by Crippen LogP contribution is 2.19. The molecule has 0 spiro atoms.